The van der Waals surface area contributed by atoms with Crippen molar-refractivity contribution in [1.29, 1.82) is 0 Å². The third-order valence-electron chi connectivity index (χ3n) is 2.24. The molecule has 0 saturated carbocycles. The van der Waals surface area contributed by atoms with Crippen LogP contribution in [0.1, 0.15) is 5.56 Å². The van der Waals surface area contributed by atoms with Crippen LogP contribution in [0.4, 0.5) is 5.69 Å². The summed E-state index contributed by atoms with van der Waals surface area (Å²) in [4.78, 5) is 11.2. The van der Waals surface area contributed by atoms with Crippen molar-refractivity contribution in [1.82, 2.24) is 0 Å². The Kier molecular flexibility index (Phi) is 2.33. The molecule has 0 atom stereocenters. The molecule has 0 fully saturated rings. The summed E-state index contributed by atoms with van der Waals surface area (Å²) in [6.45, 7) is 0.385. The first-order valence-electron chi connectivity index (χ1n) is 4.32. The zero-order chi connectivity index (χ0) is 10.1. The molecule has 2 rings (SSSR count). The summed E-state index contributed by atoms with van der Waals surface area (Å²) in [6.07, 6.45) is 0.454. The normalized spacial score (nSPS) is 14.6. The molecule has 0 radical (unpaired) electrons. The predicted octanol–water partition coefficient (Wildman–Crippen LogP) is 1.89. The Morgan fingerprint density at radius 2 is 2.29 bits per heavy atom. The van der Waals surface area contributed by atoms with E-state index in [0.717, 1.165) is 11.3 Å². The van der Waals surface area contributed by atoms with Gasteiger partial charge in [0.05, 0.1) is 18.7 Å². The Morgan fingerprint density at radius 1 is 1.50 bits per heavy atom. The summed E-state index contributed by atoms with van der Waals surface area (Å²) in [5.74, 6) is 0.795. The zero-order valence-corrected chi connectivity index (χ0v) is 8.52. The van der Waals surface area contributed by atoms with Crippen molar-refractivity contribution in [3.63, 3.8) is 0 Å². The van der Waals surface area contributed by atoms with Gasteiger partial charge in [-0.15, -0.1) is 0 Å². The smallest absolute Gasteiger partial charge is 0.156 e. The van der Waals surface area contributed by atoms with Gasteiger partial charge in [-0.05, 0) is 17.7 Å². The van der Waals surface area contributed by atoms with Crippen LogP contribution in [0.3, 0.4) is 0 Å². The number of ether oxygens (including phenoxy) is 1. The van der Waals surface area contributed by atoms with Crippen molar-refractivity contribution in [2.75, 3.05) is 19.0 Å². The van der Waals surface area contributed by atoms with E-state index in [-0.39, 0.29) is 5.78 Å². The molecule has 3 nitrogen and oxygen atoms in total. The molecule has 1 aliphatic rings. The number of ketones is 1. The number of rotatable bonds is 1. The van der Waals surface area contributed by atoms with E-state index in [0.29, 0.717) is 23.7 Å². The van der Waals surface area contributed by atoms with Crippen molar-refractivity contribution >= 4 is 23.1 Å². The molecule has 14 heavy (non-hydrogen) atoms. The average Bonchev–Trinajstić information content (AvgIpc) is 2.17. The van der Waals surface area contributed by atoms with Gasteiger partial charge < -0.3 is 10.1 Å². The topological polar surface area (TPSA) is 38.3 Å². The molecule has 1 heterocycles. The number of carbonyl (C=O) groups is 1. The molecule has 0 saturated heterocycles. The van der Waals surface area contributed by atoms with E-state index in [1.807, 2.05) is 6.07 Å². The fourth-order valence-corrected chi connectivity index (χ4v) is 1.77. The van der Waals surface area contributed by atoms with Crippen LogP contribution >= 0.6 is 11.6 Å². The van der Waals surface area contributed by atoms with Gasteiger partial charge in [-0.2, -0.15) is 0 Å². The van der Waals surface area contributed by atoms with Crippen molar-refractivity contribution in [2.45, 2.75) is 6.42 Å². The lowest BCUT2D eigenvalue weighted by molar-refractivity contribution is -0.117. The number of Topliss-reactive ketones (excluding diaryl/α,β-unsaturated/α-hetero) is 1. The number of carbonyl (C=O) groups excluding carboxylic acids is 1. The summed E-state index contributed by atoms with van der Waals surface area (Å²) < 4.78 is 5.08. The number of fused-ring (bicyclic) bond motifs is 1. The van der Waals surface area contributed by atoms with Gasteiger partial charge in [0.15, 0.2) is 5.78 Å². The largest absolute Gasteiger partial charge is 0.495 e. The molecule has 0 unspecified atom stereocenters. The second kappa shape index (κ2) is 3.50. The highest BCUT2D eigenvalue weighted by atomic mass is 35.5. The first-order chi connectivity index (χ1) is 6.70. The first kappa shape index (κ1) is 9.34. The van der Waals surface area contributed by atoms with E-state index < -0.39 is 0 Å². The monoisotopic (exact) mass is 211 g/mol. The second-order valence-corrected chi connectivity index (χ2v) is 3.62. The minimum absolute atomic E-state index is 0.182. The molecule has 0 aromatic heterocycles. The molecule has 1 N–H and O–H groups in total. The van der Waals surface area contributed by atoms with Crippen molar-refractivity contribution < 1.29 is 9.53 Å². The van der Waals surface area contributed by atoms with Crippen LogP contribution in [0.25, 0.3) is 0 Å². The number of nitrogens with one attached hydrogen (secondary N) is 1. The van der Waals surface area contributed by atoms with Crippen LogP contribution in [-0.4, -0.2) is 19.4 Å². The lowest BCUT2D eigenvalue weighted by atomic mass is 10.0. The van der Waals surface area contributed by atoms with Gasteiger partial charge in [0, 0.05) is 12.1 Å². The predicted molar refractivity (Wildman–Crippen MR) is 55.2 cm³/mol. The number of anilines is 1. The van der Waals surface area contributed by atoms with Crippen LogP contribution in [0, 0.1) is 0 Å². The summed E-state index contributed by atoms with van der Waals surface area (Å²) in [7, 11) is 1.56. The standard InChI is InChI=1S/C10H10ClNO2/c1-14-10-3-6-2-7(13)5-12-9(6)4-8(10)11/h3-4,12H,2,5H2,1H3. The van der Waals surface area contributed by atoms with Crippen LogP contribution < -0.4 is 10.1 Å². The molecule has 0 amide bonds. The molecule has 0 aliphatic carbocycles. The summed E-state index contributed by atoms with van der Waals surface area (Å²) in [5.41, 5.74) is 1.87. The summed E-state index contributed by atoms with van der Waals surface area (Å²) in [6, 6.07) is 3.60. The van der Waals surface area contributed by atoms with E-state index in [1.54, 1.807) is 13.2 Å². The highest BCUT2D eigenvalue weighted by Crippen LogP contribution is 2.32. The summed E-state index contributed by atoms with van der Waals surface area (Å²) in [5, 5.41) is 3.58. The molecule has 1 aromatic carbocycles. The fourth-order valence-electron chi connectivity index (χ4n) is 1.53. The summed E-state index contributed by atoms with van der Waals surface area (Å²) >= 11 is 5.95. The van der Waals surface area contributed by atoms with E-state index in [4.69, 9.17) is 16.3 Å². The van der Waals surface area contributed by atoms with Crippen LogP contribution in [0.5, 0.6) is 5.75 Å². The highest BCUT2D eigenvalue weighted by Gasteiger charge is 2.17. The van der Waals surface area contributed by atoms with Gasteiger partial charge in [0.25, 0.3) is 0 Å². The average molecular weight is 212 g/mol. The minimum Gasteiger partial charge on any atom is -0.495 e. The van der Waals surface area contributed by atoms with E-state index in [9.17, 15) is 4.79 Å². The van der Waals surface area contributed by atoms with Crippen molar-refractivity contribution in [3.8, 4) is 5.75 Å². The minimum atomic E-state index is 0.182. The lowest BCUT2D eigenvalue weighted by Crippen LogP contribution is -2.22. The molecule has 1 aromatic rings. The van der Waals surface area contributed by atoms with E-state index >= 15 is 0 Å². The van der Waals surface area contributed by atoms with Gasteiger partial charge in [0.1, 0.15) is 5.75 Å². The molecule has 4 heteroatoms. The second-order valence-electron chi connectivity index (χ2n) is 3.21. The number of methoxy groups -OCH3 is 1. The Hall–Kier alpha value is -1.22. The fraction of sp³-hybridized carbons (Fsp3) is 0.300. The number of halogens is 1. The maximum atomic E-state index is 11.2. The van der Waals surface area contributed by atoms with Crippen molar-refractivity contribution in [3.05, 3.63) is 22.7 Å². The Labute approximate surface area is 87.0 Å². The van der Waals surface area contributed by atoms with Gasteiger partial charge >= 0.3 is 0 Å². The zero-order valence-electron chi connectivity index (χ0n) is 7.76. The van der Waals surface area contributed by atoms with Crippen LogP contribution in [0.15, 0.2) is 12.1 Å². The number of hydrogen-bond donors (Lipinski definition) is 1. The third-order valence-corrected chi connectivity index (χ3v) is 2.54. The SMILES string of the molecule is COc1cc2c(cc1Cl)NCC(=O)C2. The first-order valence-corrected chi connectivity index (χ1v) is 4.70. The van der Waals surface area contributed by atoms with Gasteiger partial charge in [-0.3, -0.25) is 4.79 Å². The maximum Gasteiger partial charge on any atom is 0.156 e. The van der Waals surface area contributed by atoms with Crippen molar-refractivity contribution in [2.24, 2.45) is 0 Å². The van der Waals surface area contributed by atoms with Crippen LogP contribution in [-0.2, 0) is 11.2 Å². The highest BCUT2D eigenvalue weighted by molar-refractivity contribution is 6.32. The van der Waals surface area contributed by atoms with Gasteiger partial charge in [0.2, 0.25) is 0 Å². The lowest BCUT2D eigenvalue weighted by Gasteiger charge is -2.18. The molecule has 1 aliphatic heterocycles. The molecule has 0 spiro atoms. The van der Waals surface area contributed by atoms with E-state index in [1.165, 1.54) is 0 Å². The molecule has 74 valence electrons. The number of hydrogen-bond acceptors (Lipinski definition) is 3. The van der Waals surface area contributed by atoms with Gasteiger partial charge in [-0.25, -0.2) is 0 Å². The third kappa shape index (κ3) is 1.55. The van der Waals surface area contributed by atoms with Crippen LogP contribution in [0.2, 0.25) is 5.02 Å². The molecule has 0 bridgehead atoms. The Balaban J connectivity index is 2.46. The van der Waals surface area contributed by atoms with Gasteiger partial charge in [-0.1, -0.05) is 11.6 Å². The molecular formula is C10H10ClNO2. The maximum absolute atomic E-state index is 11.2. The molecular weight excluding hydrogens is 202 g/mol. The van der Waals surface area contributed by atoms with E-state index in [2.05, 4.69) is 5.32 Å². The Bertz CT molecular complexity index is 390. The quantitative estimate of drug-likeness (QED) is 0.771. The Morgan fingerprint density at radius 3 is 3.00 bits per heavy atom. The number of benzene rings is 1.